The second-order valence-electron chi connectivity index (χ2n) is 3.77. The third-order valence-electron chi connectivity index (χ3n) is 2.44. The van der Waals surface area contributed by atoms with Crippen LogP contribution in [0, 0.1) is 0 Å². The molecular weight excluding hydrogens is 220 g/mol. The van der Waals surface area contributed by atoms with Gasteiger partial charge in [-0.1, -0.05) is 6.07 Å². The number of amides is 1. The molecule has 5 nitrogen and oxygen atoms in total. The monoisotopic (exact) mass is 238 g/mol. The predicted octanol–water partition coefficient (Wildman–Crippen LogP) is 0.884. The van der Waals surface area contributed by atoms with Crippen molar-refractivity contribution in [3.63, 3.8) is 0 Å². The Kier molecular flexibility index (Phi) is 4.78. The molecule has 17 heavy (non-hydrogen) atoms. The van der Waals surface area contributed by atoms with Crippen LogP contribution in [-0.2, 0) is 4.79 Å². The molecule has 0 aliphatic carbocycles. The van der Waals surface area contributed by atoms with Gasteiger partial charge < -0.3 is 20.8 Å². The highest BCUT2D eigenvalue weighted by molar-refractivity contribution is 5.78. The fourth-order valence-corrected chi connectivity index (χ4v) is 1.59. The molecule has 1 unspecified atom stereocenters. The van der Waals surface area contributed by atoms with Crippen molar-refractivity contribution >= 4 is 5.91 Å². The number of aromatic hydroxyl groups is 2. The van der Waals surface area contributed by atoms with E-state index in [1.807, 2.05) is 6.92 Å². The first-order chi connectivity index (χ1) is 8.06. The van der Waals surface area contributed by atoms with Crippen LogP contribution in [0.25, 0.3) is 0 Å². The van der Waals surface area contributed by atoms with Crippen LogP contribution in [0.1, 0.15) is 25.5 Å². The second-order valence-corrected chi connectivity index (χ2v) is 3.77. The van der Waals surface area contributed by atoms with Gasteiger partial charge in [0.25, 0.3) is 0 Å². The van der Waals surface area contributed by atoms with Gasteiger partial charge in [0.1, 0.15) is 11.5 Å². The summed E-state index contributed by atoms with van der Waals surface area (Å²) >= 11 is 0. The summed E-state index contributed by atoms with van der Waals surface area (Å²) in [5.74, 6) is -0.0870. The Morgan fingerprint density at radius 1 is 1.35 bits per heavy atom. The molecular formula is C12H18N2O3. The fraction of sp³-hybridized carbons (Fsp3) is 0.417. The van der Waals surface area contributed by atoms with Crippen LogP contribution in [0.4, 0.5) is 0 Å². The molecule has 0 saturated carbocycles. The van der Waals surface area contributed by atoms with E-state index in [1.165, 1.54) is 12.1 Å². The Bertz CT molecular complexity index is 373. The van der Waals surface area contributed by atoms with Crippen molar-refractivity contribution in [2.24, 2.45) is 0 Å². The number of carbonyl (C=O) groups is 1. The Hall–Kier alpha value is -1.75. The topological polar surface area (TPSA) is 81.6 Å². The van der Waals surface area contributed by atoms with Gasteiger partial charge in [-0.2, -0.15) is 0 Å². The minimum Gasteiger partial charge on any atom is -0.507 e. The number of likely N-dealkylation sites (N-methyl/N-ethyl adjacent to an activating group) is 1. The summed E-state index contributed by atoms with van der Waals surface area (Å²) in [4.78, 5) is 11.3. The van der Waals surface area contributed by atoms with Crippen molar-refractivity contribution in [2.75, 3.05) is 13.1 Å². The predicted molar refractivity (Wildman–Crippen MR) is 64.9 cm³/mol. The van der Waals surface area contributed by atoms with Gasteiger partial charge in [-0.15, -0.1) is 0 Å². The molecule has 1 aromatic rings. The molecule has 0 saturated heterocycles. The highest BCUT2D eigenvalue weighted by Gasteiger charge is 2.15. The lowest BCUT2D eigenvalue weighted by Crippen LogP contribution is -2.34. The average Bonchev–Trinajstić information content (AvgIpc) is 2.26. The largest absolute Gasteiger partial charge is 0.507 e. The molecule has 1 amide bonds. The van der Waals surface area contributed by atoms with Gasteiger partial charge in [0, 0.05) is 12.6 Å². The molecule has 0 aliphatic rings. The molecule has 0 aromatic heterocycles. The van der Waals surface area contributed by atoms with Crippen LogP contribution >= 0.6 is 0 Å². The number of hydrogen-bond donors (Lipinski definition) is 4. The van der Waals surface area contributed by atoms with Crippen LogP contribution in [0.5, 0.6) is 11.5 Å². The summed E-state index contributed by atoms with van der Waals surface area (Å²) in [7, 11) is 0. The van der Waals surface area contributed by atoms with Gasteiger partial charge in [-0.3, -0.25) is 4.79 Å². The van der Waals surface area contributed by atoms with Crippen LogP contribution in [0.2, 0.25) is 0 Å². The zero-order chi connectivity index (χ0) is 12.8. The summed E-state index contributed by atoms with van der Waals surface area (Å²) in [5, 5.41) is 24.8. The molecule has 4 N–H and O–H groups in total. The highest BCUT2D eigenvalue weighted by Crippen LogP contribution is 2.31. The van der Waals surface area contributed by atoms with E-state index < -0.39 is 0 Å². The smallest absolute Gasteiger partial charge is 0.233 e. The molecule has 94 valence electrons. The minimum absolute atomic E-state index is 0.0147. The number of phenolic OH excluding ortho intramolecular Hbond substituents is 2. The van der Waals surface area contributed by atoms with E-state index in [0.29, 0.717) is 12.1 Å². The molecule has 5 heteroatoms. The lowest BCUT2D eigenvalue weighted by molar-refractivity contribution is -0.120. The first-order valence-corrected chi connectivity index (χ1v) is 5.57. The molecule has 0 spiro atoms. The van der Waals surface area contributed by atoms with Crippen LogP contribution in [0.3, 0.4) is 0 Å². The number of rotatable bonds is 5. The van der Waals surface area contributed by atoms with E-state index in [1.54, 1.807) is 13.0 Å². The van der Waals surface area contributed by atoms with Crippen molar-refractivity contribution in [3.05, 3.63) is 23.8 Å². The maximum Gasteiger partial charge on any atom is 0.233 e. The zero-order valence-corrected chi connectivity index (χ0v) is 10.0. The van der Waals surface area contributed by atoms with E-state index in [9.17, 15) is 15.0 Å². The van der Waals surface area contributed by atoms with Crippen molar-refractivity contribution < 1.29 is 15.0 Å². The van der Waals surface area contributed by atoms with Crippen molar-refractivity contribution in [1.82, 2.24) is 10.6 Å². The van der Waals surface area contributed by atoms with Crippen LogP contribution < -0.4 is 10.6 Å². The lowest BCUT2D eigenvalue weighted by Gasteiger charge is -2.16. The molecule has 1 atom stereocenters. The van der Waals surface area contributed by atoms with Crippen molar-refractivity contribution in [3.8, 4) is 11.5 Å². The van der Waals surface area contributed by atoms with Gasteiger partial charge in [0.15, 0.2) is 0 Å². The first-order valence-electron chi connectivity index (χ1n) is 5.57. The maximum atomic E-state index is 11.3. The molecule has 0 aliphatic heterocycles. The number of nitrogens with one attached hydrogen (secondary N) is 2. The Labute approximate surface area is 100 Å². The fourth-order valence-electron chi connectivity index (χ4n) is 1.59. The van der Waals surface area contributed by atoms with Crippen LogP contribution in [-0.4, -0.2) is 29.2 Å². The molecule has 1 aromatic carbocycles. The molecule has 0 fully saturated rings. The number of phenols is 2. The van der Waals surface area contributed by atoms with E-state index in [4.69, 9.17) is 0 Å². The molecule has 0 heterocycles. The second kappa shape index (κ2) is 6.10. The number of benzene rings is 1. The van der Waals surface area contributed by atoms with E-state index in [2.05, 4.69) is 10.6 Å². The lowest BCUT2D eigenvalue weighted by atomic mass is 10.1. The maximum absolute atomic E-state index is 11.3. The highest BCUT2D eigenvalue weighted by atomic mass is 16.3. The minimum atomic E-state index is -0.307. The van der Waals surface area contributed by atoms with Crippen LogP contribution in [0.15, 0.2) is 18.2 Å². The summed E-state index contributed by atoms with van der Waals surface area (Å²) in [6.45, 7) is 4.34. The van der Waals surface area contributed by atoms with Gasteiger partial charge in [-0.05, 0) is 26.0 Å². The third kappa shape index (κ3) is 3.64. The van der Waals surface area contributed by atoms with Gasteiger partial charge in [-0.25, -0.2) is 0 Å². The van der Waals surface area contributed by atoms with E-state index in [-0.39, 0.29) is 30.0 Å². The van der Waals surface area contributed by atoms with E-state index >= 15 is 0 Å². The van der Waals surface area contributed by atoms with Gasteiger partial charge in [0.2, 0.25) is 5.91 Å². The quantitative estimate of drug-likeness (QED) is 0.614. The Balaban J connectivity index is 2.64. The number of hydrogen-bond acceptors (Lipinski definition) is 4. The third-order valence-corrected chi connectivity index (χ3v) is 2.44. The average molecular weight is 238 g/mol. The van der Waals surface area contributed by atoms with Gasteiger partial charge in [0.05, 0.1) is 12.1 Å². The Morgan fingerprint density at radius 3 is 2.47 bits per heavy atom. The standard InChI is InChI=1S/C12H18N2O3/c1-3-13-11(17)7-14-8(2)12-9(15)5-4-6-10(12)16/h4-6,8,14-16H,3,7H2,1-2H3,(H,13,17). The molecule has 0 bridgehead atoms. The molecule has 0 radical (unpaired) electrons. The van der Waals surface area contributed by atoms with Gasteiger partial charge >= 0.3 is 0 Å². The summed E-state index contributed by atoms with van der Waals surface area (Å²) in [5.41, 5.74) is 0.400. The summed E-state index contributed by atoms with van der Waals surface area (Å²) in [6.07, 6.45) is 0. The van der Waals surface area contributed by atoms with Crippen molar-refractivity contribution in [1.29, 1.82) is 0 Å². The SMILES string of the molecule is CCNC(=O)CNC(C)c1c(O)cccc1O. The zero-order valence-electron chi connectivity index (χ0n) is 10.0. The number of carbonyl (C=O) groups excluding carboxylic acids is 1. The first kappa shape index (κ1) is 13.3. The summed E-state index contributed by atoms with van der Waals surface area (Å²) in [6, 6.07) is 4.25. The molecule has 1 rings (SSSR count). The van der Waals surface area contributed by atoms with Crippen molar-refractivity contribution in [2.45, 2.75) is 19.9 Å². The summed E-state index contributed by atoms with van der Waals surface area (Å²) < 4.78 is 0. The normalized spacial score (nSPS) is 12.1. The Morgan fingerprint density at radius 2 is 1.94 bits per heavy atom. The van der Waals surface area contributed by atoms with E-state index in [0.717, 1.165) is 0 Å².